The van der Waals surface area contributed by atoms with Gasteiger partial charge in [-0.25, -0.2) is 0 Å². The highest BCUT2D eigenvalue weighted by atomic mass is 19.3. The van der Waals surface area contributed by atoms with E-state index in [-0.39, 0.29) is 0 Å². The summed E-state index contributed by atoms with van der Waals surface area (Å²) in [6.45, 7) is 0. The summed E-state index contributed by atoms with van der Waals surface area (Å²) < 4.78 is 34.5. The van der Waals surface area contributed by atoms with Crippen LogP contribution in [0, 0.1) is 0 Å². The zero-order valence-electron chi connectivity index (χ0n) is 8.09. The second kappa shape index (κ2) is 4.37. The van der Waals surface area contributed by atoms with Crippen molar-refractivity contribution in [2.75, 3.05) is 14.2 Å². The Morgan fingerprint density at radius 1 is 1.14 bits per heavy atom. The first-order chi connectivity index (χ1) is 6.57. The number of hydrogen-bond donors (Lipinski definition) is 0. The third kappa shape index (κ3) is 2.96. The highest BCUT2D eigenvalue weighted by Crippen LogP contribution is 2.21. The SMILES string of the molecule is COc1ccc(CC(F)(F)OC)cc1. The predicted octanol–water partition coefficient (Wildman–Crippen LogP) is 2.48. The van der Waals surface area contributed by atoms with Crippen molar-refractivity contribution in [3.05, 3.63) is 29.8 Å². The summed E-state index contributed by atoms with van der Waals surface area (Å²) in [5, 5.41) is 0. The van der Waals surface area contributed by atoms with Gasteiger partial charge in [-0.05, 0) is 17.7 Å². The van der Waals surface area contributed by atoms with Gasteiger partial charge in [0.2, 0.25) is 0 Å². The second-order valence-electron chi connectivity index (χ2n) is 2.87. The van der Waals surface area contributed by atoms with Crippen LogP contribution < -0.4 is 4.74 Å². The number of rotatable bonds is 4. The maximum Gasteiger partial charge on any atom is 0.359 e. The molecule has 0 spiro atoms. The van der Waals surface area contributed by atoms with Gasteiger partial charge in [0.05, 0.1) is 13.5 Å². The van der Waals surface area contributed by atoms with Crippen LogP contribution in [0.5, 0.6) is 5.75 Å². The van der Waals surface area contributed by atoms with Gasteiger partial charge in [-0.2, -0.15) is 8.78 Å². The molecule has 1 aromatic rings. The summed E-state index contributed by atoms with van der Waals surface area (Å²) >= 11 is 0. The Kier molecular flexibility index (Phi) is 3.41. The quantitative estimate of drug-likeness (QED) is 0.746. The zero-order chi connectivity index (χ0) is 10.6. The van der Waals surface area contributed by atoms with E-state index in [1.54, 1.807) is 24.3 Å². The minimum absolute atomic E-state index is 0.423. The number of halogens is 2. The zero-order valence-corrected chi connectivity index (χ0v) is 8.09. The van der Waals surface area contributed by atoms with Crippen LogP contribution in [0.2, 0.25) is 0 Å². The molecule has 0 saturated heterocycles. The fourth-order valence-electron chi connectivity index (χ4n) is 1.05. The Bertz CT molecular complexity index is 283. The van der Waals surface area contributed by atoms with E-state index in [1.165, 1.54) is 7.11 Å². The summed E-state index contributed by atoms with van der Waals surface area (Å²) in [5.74, 6) is 0.648. The van der Waals surface area contributed by atoms with Crippen LogP contribution in [0.3, 0.4) is 0 Å². The number of methoxy groups -OCH3 is 2. The van der Waals surface area contributed by atoms with Crippen molar-refractivity contribution < 1.29 is 18.3 Å². The lowest BCUT2D eigenvalue weighted by molar-refractivity contribution is -0.219. The van der Waals surface area contributed by atoms with Crippen LogP contribution in [0.15, 0.2) is 24.3 Å². The largest absolute Gasteiger partial charge is 0.497 e. The molecule has 1 rings (SSSR count). The summed E-state index contributed by atoms with van der Waals surface area (Å²) in [4.78, 5) is 0. The molecule has 0 atom stereocenters. The summed E-state index contributed by atoms with van der Waals surface area (Å²) in [5.41, 5.74) is 0.512. The van der Waals surface area contributed by atoms with Gasteiger partial charge in [-0.1, -0.05) is 12.1 Å². The van der Waals surface area contributed by atoms with Crippen LogP contribution >= 0.6 is 0 Å². The molecule has 0 saturated carbocycles. The first-order valence-electron chi connectivity index (χ1n) is 4.13. The van der Waals surface area contributed by atoms with Gasteiger partial charge in [0.1, 0.15) is 5.75 Å². The van der Waals surface area contributed by atoms with Crippen LogP contribution in [-0.2, 0) is 11.2 Å². The van der Waals surface area contributed by atoms with Crippen LogP contribution in [0.1, 0.15) is 5.56 Å². The van der Waals surface area contributed by atoms with Crippen molar-refractivity contribution in [1.82, 2.24) is 0 Å². The van der Waals surface area contributed by atoms with Crippen molar-refractivity contribution in [1.29, 1.82) is 0 Å². The van der Waals surface area contributed by atoms with Gasteiger partial charge in [0.25, 0.3) is 0 Å². The van der Waals surface area contributed by atoms with E-state index >= 15 is 0 Å². The van der Waals surface area contributed by atoms with E-state index < -0.39 is 12.5 Å². The van der Waals surface area contributed by atoms with Gasteiger partial charge < -0.3 is 9.47 Å². The standard InChI is InChI=1S/C10H12F2O2/c1-13-9-5-3-8(4-6-9)7-10(11,12)14-2/h3-6H,7H2,1-2H3. The lowest BCUT2D eigenvalue weighted by Crippen LogP contribution is -2.21. The lowest BCUT2D eigenvalue weighted by Gasteiger charge is -2.13. The number of ether oxygens (including phenoxy) is 2. The molecule has 0 radical (unpaired) electrons. The first kappa shape index (κ1) is 10.9. The van der Waals surface area contributed by atoms with E-state index in [2.05, 4.69) is 4.74 Å². The maximum absolute atomic E-state index is 12.8. The summed E-state index contributed by atoms with van der Waals surface area (Å²) in [7, 11) is 2.52. The monoisotopic (exact) mass is 202 g/mol. The molecule has 1 aromatic carbocycles. The normalized spacial score (nSPS) is 11.4. The van der Waals surface area contributed by atoms with Crippen LogP contribution in [-0.4, -0.2) is 20.3 Å². The van der Waals surface area contributed by atoms with Gasteiger partial charge >= 0.3 is 6.11 Å². The van der Waals surface area contributed by atoms with Gasteiger partial charge in [0, 0.05) is 7.11 Å². The van der Waals surface area contributed by atoms with E-state index in [0.717, 1.165) is 7.11 Å². The molecule has 0 aliphatic carbocycles. The number of alkyl halides is 2. The third-order valence-corrected chi connectivity index (χ3v) is 1.87. The van der Waals surface area contributed by atoms with Crippen molar-refractivity contribution in [3.8, 4) is 5.75 Å². The first-order valence-corrected chi connectivity index (χ1v) is 4.13. The van der Waals surface area contributed by atoms with Gasteiger partial charge in [-0.3, -0.25) is 0 Å². The minimum atomic E-state index is -3.10. The molecule has 4 heteroatoms. The average molecular weight is 202 g/mol. The van der Waals surface area contributed by atoms with Crippen molar-refractivity contribution >= 4 is 0 Å². The molecule has 78 valence electrons. The second-order valence-corrected chi connectivity index (χ2v) is 2.87. The molecule has 0 unspecified atom stereocenters. The molecule has 0 aromatic heterocycles. The molecule has 0 fully saturated rings. The van der Waals surface area contributed by atoms with Crippen molar-refractivity contribution in [2.45, 2.75) is 12.5 Å². The highest BCUT2D eigenvalue weighted by molar-refractivity contribution is 5.27. The molecule has 0 amide bonds. The molecule has 0 aliphatic rings. The van der Waals surface area contributed by atoms with Crippen molar-refractivity contribution in [3.63, 3.8) is 0 Å². The molecule has 0 heterocycles. The summed E-state index contributed by atoms with van der Waals surface area (Å²) in [6.07, 6.45) is -3.53. The fourth-order valence-corrected chi connectivity index (χ4v) is 1.05. The van der Waals surface area contributed by atoms with Gasteiger partial charge in [-0.15, -0.1) is 0 Å². The average Bonchev–Trinajstić information content (AvgIpc) is 2.19. The topological polar surface area (TPSA) is 18.5 Å². The van der Waals surface area contributed by atoms with Crippen molar-refractivity contribution in [2.24, 2.45) is 0 Å². The Balaban J connectivity index is 2.69. The van der Waals surface area contributed by atoms with Crippen LogP contribution in [0.25, 0.3) is 0 Å². The Hall–Kier alpha value is -1.16. The Morgan fingerprint density at radius 2 is 1.71 bits per heavy atom. The lowest BCUT2D eigenvalue weighted by atomic mass is 10.1. The molecule has 2 nitrogen and oxygen atoms in total. The molecule has 0 N–H and O–H groups in total. The third-order valence-electron chi connectivity index (χ3n) is 1.87. The van der Waals surface area contributed by atoms with E-state index in [9.17, 15) is 8.78 Å². The van der Waals surface area contributed by atoms with Crippen LogP contribution in [0.4, 0.5) is 8.78 Å². The molecule has 14 heavy (non-hydrogen) atoms. The number of hydrogen-bond acceptors (Lipinski definition) is 2. The molecular weight excluding hydrogens is 190 g/mol. The molecule has 0 bridgehead atoms. The molecular formula is C10H12F2O2. The molecule has 0 aliphatic heterocycles. The predicted molar refractivity (Wildman–Crippen MR) is 48.7 cm³/mol. The van der Waals surface area contributed by atoms with E-state index in [0.29, 0.717) is 11.3 Å². The highest BCUT2D eigenvalue weighted by Gasteiger charge is 2.28. The number of benzene rings is 1. The Labute approximate surface area is 81.4 Å². The Morgan fingerprint density at radius 3 is 2.14 bits per heavy atom. The van der Waals surface area contributed by atoms with E-state index in [4.69, 9.17) is 4.74 Å². The minimum Gasteiger partial charge on any atom is -0.497 e. The smallest absolute Gasteiger partial charge is 0.359 e. The summed E-state index contributed by atoms with van der Waals surface area (Å²) in [6, 6.07) is 6.46. The van der Waals surface area contributed by atoms with Gasteiger partial charge in [0.15, 0.2) is 0 Å². The van der Waals surface area contributed by atoms with E-state index in [1.807, 2.05) is 0 Å². The maximum atomic E-state index is 12.8. The fraction of sp³-hybridized carbons (Fsp3) is 0.400.